The number of aliphatic hydroxyl groups is 1. The SMILES string of the molecule is CCC(C)c1ccccc1Oc1cc(CO)cc(C)n1. The number of aromatic nitrogens is 1. The van der Waals surface area contributed by atoms with Gasteiger partial charge in [-0.05, 0) is 42.5 Å². The Bertz CT molecular complexity index is 581. The second kappa shape index (κ2) is 6.53. The molecule has 0 radical (unpaired) electrons. The van der Waals surface area contributed by atoms with Crippen molar-refractivity contribution < 1.29 is 9.84 Å². The molecule has 1 unspecified atom stereocenters. The smallest absolute Gasteiger partial charge is 0.219 e. The summed E-state index contributed by atoms with van der Waals surface area (Å²) in [5, 5.41) is 9.25. The molecule has 2 rings (SSSR count). The van der Waals surface area contributed by atoms with Crippen LogP contribution in [0.1, 0.15) is 43.0 Å². The molecule has 2 aromatic rings. The van der Waals surface area contributed by atoms with Crippen molar-refractivity contribution in [2.45, 2.75) is 39.7 Å². The fourth-order valence-corrected chi connectivity index (χ4v) is 2.16. The molecule has 0 saturated heterocycles. The predicted molar refractivity (Wildman–Crippen MR) is 80.1 cm³/mol. The Hall–Kier alpha value is -1.87. The molecule has 1 heterocycles. The van der Waals surface area contributed by atoms with Crippen LogP contribution in [0.3, 0.4) is 0 Å². The molecule has 0 bridgehead atoms. The van der Waals surface area contributed by atoms with Crippen LogP contribution in [-0.2, 0) is 6.61 Å². The molecule has 1 atom stereocenters. The molecular weight excluding hydrogens is 250 g/mol. The van der Waals surface area contributed by atoms with Gasteiger partial charge in [0.25, 0.3) is 0 Å². The number of aryl methyl sites for hydroxylation is 1. The van der Waals surface area contributed by atoms with Gasteiger partial charge in [-0.2, -0.15) is 0 Å². The standard InChI is InChI=1S/C17H21NO2/c1-4-12(2)15-7-5-6-8-16(15)20-17-10-14(11-19)9-13(3)18-17/h5-10,12,19H,4,11H2,1-3H3. The highest BCUT2D eigenvalue weighted by Crippen LogP contribution is 2.31. The van der Waals surface area contributed by atoms with Gasteiger partial charge in [-0.15, -0.1) is 0 Å². The van der Waals surface area contributed by atoms with E-state index in [9.17, 15) is 5.11 Å². The first kappa shape index (κ1) is 14.5. The molecular formula is C17H21NO2. The zero-order valence-electron chi connectivity index (χ0n) is 12.3. The van der Waals surface area contributed by atoms with Crippen molar-refractivity contribution in [3.8, 4) is 11.6 Å². The Kier molecular flexibility index (Phi) is 4.74. The summed E-state index contributed by atoms with van der Waals surface area (Å²) in [6, 6.07) is 11.7. The second-order valence-electron chi connectivity index (χ2n) is 5.06. The van der Waals surface area contributed by atoms with Crippen molar-refractivity contribution in [3.05, 3.63) is 53.2 Å². The lowest BCUT2D eigenvalue weighted by Gasteiger charge is -2.15. The third kappa shape index (κ3) is 3.36. The van der Waals surface area contributed by atoms with Crippen LogP contribution in [0.4, 0.5) is 0 Å². The van der Waals surface area contributed by atoms with Crippen LogP contribution in [0.25, 0.3) is 0 Å². The lowest BCUT2D eigenvalue weighted by atomic mass is 9.98. The minimum absolute atomic E-state index is 0.00721. The topological polar surface area (TPSA) is 42.4 Å². The molecule has 1 aromatic carbocycles. The third-order valence-corrected chi connectivity index (χ3v) is 3.45. The summed E-state index contributed by atoms with van der Waals surface area (Å²) in [6.07, 6.45) is 1.06. The Morgan fingerprint density at radius 2 is 2.00 bits per heavy atom. The van der Waals surface area contributed by atoms with E-state index in [4.69, 9.17) is 4.74 Å². The number of para-hydroxylation sites is 1. The summed E-state index contributed by atoms with van der Waals surface area (Å²) in [6.45, 7) is 6.24. The van der Waals surface area contributed by atoms with E-state index in [1.807, 2.05) is 31.2 Å². The van der Waals surface area contributed by atoms with E-state index >= 15 is 0 Å². The molecule has 106 valence electrons. The quantitative estimate of drug-likeness (QED) is 0.886. The number of aliphatic hydroxyl groups excluding tert-OH is 1. The number of rotatable bonds is 5. The molecule has 1 aromatic heterocycles. The van der Waals surface area contributed by atoms with Crippen LogP contribution in [0.2, 0.25) is 0 Å². The Balaban J connectivity index is 2.32. The van der Waals surface area contributed by atoms with Crippen molar-refractivity contribution in [2.75, 3.05) is 0 Å². The van der Waals surface area contributed by atoms with Crippen LogP contribution in [0.15, 0.2) is 36.4 Å². The van der Waals surface area contributed by atoms with Gasteiger partial charge in [-0.25, -0.2) is 4.98 Å². The van der Waals surface area contributed by atoms with Crippen LogP contribution < -0.4 is 4.74 Å². The fraction of sp³-hybridized carbons (Fsp3) is 0.353. The average molecular weight is 271 g/mol. The zero-order chi connectivity index (χ0) is 14.5. The molecule has 3 heteroatoms. The van der Waals surface area contributed by atoms with Gasteiger partial charge in [0.1, 0.15) is 5.75 Å². The van der Waals surface area contributed by atoms with Crippen molar-refractivity contribution in [2.24, 2.45) is 0 Å². The van der Waals surface area contributed by atoms with Crippen LogP contribution in [-0.4, -0.2) is 10.1 Å². The van der Waals surface area contributed by atoms with E-state index in [0.29, 0.717) is 11.8 Å². The summed E-state index contributed by atoms with van der Waals surface area (Å²) >= 11 is 0. The van der Waals surface area contributed by atoms with E-state index < -0.39 is 0 Å². The molecule has 0 fully saturated rings. The molecule has 1 N–H and O–H groups in total. The third-order valence-electron chi connectivity index (χ3n) is 3.45. The lowest BCUT2D eigenvalue weighted by molar-refractivity contribution is 0.281. The van der Waals surface area contributed by atoms with E-state index in [1.165, 1.54) is 5.56 Å². The van der Waals surface area contributed by atoms with Crippen LogP contribution >= 0.6 is 0 Å². The molecule has 0 aliphatic heterocycles. The highest BCUT2D eigenvalue weighted by Gasteiger charge is 2.11. The fourth-order valence-electron chi connectivity index (χ4n) is 2.16. The number of hydrogen-bond donors (Lipinski definition) is 1. The molecule has 0 saturated carbocycles. The van der Waals surface area contributed by atoms with Gasteiger partial charge in [-0.3, -0.25) is 0 Å². The van der Waals surface area contributed by atoms with Gasteiger partial charge in [0.2, 0.25) is 5.88 Å². The van der Waals surface area contributed by atoms with Crippen molar-refractivity contribution in [1.29, 1.82) is 0 Å². The van der Waals surface area contributed by atoms with E-state index in [-0.39, 0.29) is 6.61 Å². The van der Waals surface area contributed by atoms with Crippen LogP contribution in [0, 0.1) is 6.92 Å². The highest BCUT2D eigenvalue weighted by atomic mass is 16.5. The highest BCUT2D eigenvalue weighted by molar-refractivity contribution is 5.39. The number of pyridine rings is 1. The van der Waals surface area contributed by atoms with E-state index in [0.717, 1.165) is 23.4 Å². The summed E-state index contributed by atoms with van der Waals surface area (Å²) in [5.41, 5.74) is 2.84. The number of ether oxygens (including phenoxy) is 1. The Morgan fingerprint density at radius 1 is 1.25 bits per heavy atom. The first-order chi connectivity index (χ1) is 9.63. The van der Waals surface area contributed by atoms with E-state index in [2.05, 4.69) is 24.9 Å². The average Bonchev–Trinajstić information content (AvgIpc) is 2.46. The minimum atomic E-state index is -0.00721. The monoisotopic (exact) mass is 271 g/mol. The predicted octanol–water partition coefficient (Wildman–Crippen LogP) is 4.19. The molecule has 3 nitrogen and oxygen atoms in total. The maximum absolute atomic E-state index is 9.25. The first-order valence-electron chi connectivity index (χ1n) is 6.99. The molecule has 0 spiro atoms. The van der Waals surface area contributed by atoms with Crippen molar-refractivity contribution >= 4 is 0 Å². The Labute approximate surface area is 120 Å². The minimum Gasteiger partial charge on any atom is -0.439 e. The van der Waals surface area contributed by atoms with Gasteiger partial charge in [-0.1, -0.05) is 32.0 Å². The van der Waals surface area contributed by atoms with Crippen molar-refractivity contribution in [3.63, 3.8) is 0 Å². The summed E-state index contributed by atoms with van der Waals surface area (Å²) in [5.74, 6) is 1.81. The van der Waals surface area contributed by atoms with Gasteiger partial charge in [0.05, 0.1) is 6.61 Å². The lowest BCUT2D eigenvalue weighted by Crippen LogP contribution is -1.98. The van der Waals surface area contributed by atoms with Gasteiger partial charge in [0.15, 0.2) is 0 Å². The number of hydrogen-bond acceptors (Lipinski definition) is 3. The maximum Gasteiger partial charge on any atom is 0.219 e. The first-order valence-corrected chi connectivity index (χ1v) is 6.99. The van der Waals surface area contributed by atoms with Crippen LogP contribution in [0.5, 0.6) is 11.6 Å². The summed E-state index contributed by atoms with van der Waals surface area (Å²) in [7, 11) is 0. The molecule has 0 amide bonds. The maximum atomic E-state index is 9.25. The van der Waals surface area contributed by atoms with Gasteiger partial charge in [0, 0.05) is 11.8 Å². The second-order valence-corrected chi connectivity index (χ2v) is 5.06. The largest absolute Gasteiger partial charge is 0.439 e. The summed E-state index contributed by atoms with van der Waals surface area (Å²) < 4.78 is 5.93. The van der Waals surface area contributed by atoms with Crippen molar-refractivity contribution in [1.82, 2.24) is 4.98 Å². The molecule has 20 heavy (non-hydrogen) atoms. The molecule has 0 aliphatic rings. The number of nitrogens with zero attached hydrogens (tertiary/aromatic N) is 1. The Morgan fingerprint density at radius 3 is 2.70 bits per heavy atom. The van der Waals surface area contributed by atoms with Gasteiger partial charge < -0.3 is 9.84 Å². The van der Waals surface area contributed by atoms with E-state index in [1.54, 1.807) is 6.07 Å². The molecule has 0 aliphatic carbocycles. The number of benzene rings is 1. The van der Waals surface area contributed by atoms with Gasteiger partial charge >= 0.3 is 0 Å². The summed E-state index contributed by atoms with van der Waals surface area (Å²) in [4.78, 5) is 4.37. The normalized spacial score (nSPS) is 12.2. The zero-order valence-corrected chi connectivity index (χ0v) is 12.3.